The standard InChI is InChI=1S/C8H9BrO3/c1-2-3-6(10)7-4-5(9)8(11)12-7/h2-4,6-7,10H,1H3/b3-2+/t6-,7-/m1/s1. The smallest absolute Gasteiger partial charge is 0.345 e. The average molecular weight is 233 g/mol. The van der Waals surface area contributed by atoms with Crippen molar-refractivity contribution in [3.05, 3.63) is 22.7 Å². The van der Waals surface area contributed by atoms with Gasteiger partial charge in [0.2, 0.25) is 0 Å². The number of aliphatic hydroxyl groups is 1. The summed E-state index contributed by atoms with van der Waals surface area (Å²) >= 11 is 3.01. The second-order valence-electron chi connectivity index (χ2n) is 2.40. The number of hydrogen-bond donors (Lipinski definition) is 1. The number of rotatable bonds is 2. The minimum absolute atomic E-state index is 0.371. The molecule has 0 unspecified atom stereocenters. The lowest BCUT2D eigenvalue weighted by atomic mass is 10.2. The number of ether oxygens (including phenoxy) is 1. The predicted molar refractivity (Wildman–Crippen MR) is 47.7 cm³/mol. The van der Waals surface area contributed by atoms with E-state index in [1.165, 1.54) is 0 Å². The molecule has 66 valence electrons. The summed E-state index contributed by atoms with van der Waals surface area (Å²) in [5.74, 6) is -0.427. The fourth-order valence-electron chi connectivity index (χ4n) is 0.901. The van der Waals surface area contributed by atoms with Crippen LogP contribution in [0.2, 0.25) is 0 Å². The lowest BCUT2D eigenvalue weighted by Crippen LogP contribution is -2.23. The van der Waals surface area contributed by atoms with E-state index in [0.29, 0.717) is 4.48 Å². The molecule has 0 saturated heterocycles. The summed E-state index contributed by atoms with van der Waals surface area (Å²) in [5, 5.41) is 9.36. The van der Waals surface area contributed by atoms with Gasteiger partial charge in [-0.3, -0.25) is 0 Å². The largest absolute Gasteiger partial charge is 0.451 e. The Bertz CT molecular complexity index is 245. The van der Waals surface area contributed by atoms with Crippen LogP contribution in [-0.2, 0) is 9.53 Å². The molecule has 0 aromatic rings. The molecule has 1 heterocycles. The Morgan fingerprint density at radius 2 is 2.50 bits per heavy atom. The van der Waals surface area contributed by atoms with Crippen molar-refractivity contribution < 1.29 is 14.6 Å². The molecular formula is C8H9BrO3. The van der Waals surface area contributed by atoms with Crippen molar-refractivity contribution in [1.29, 1.82) is 0 Å². The fraction of sp³-hybridized carbons (Fsp3) is 0.375. The third-order valence-electron chi connectivity index (χ3n) is 1.47. The van der Waals surface area contributed by atoms with Gasteiger partial charge in [-0.15, -0.1) is 0 Å². The third kappa shape index (κ3) is 1.95. The van der Waals surface area contributed by atoms with Gasteiger partial charge < -0.3 is 9.84 Å². The lowest BCUT2D eigenvalue weighted by Gasteiger charge is -2.11. The molecule has 0 fully saturated rings. The zero-order chi connectivity index (χ0) is 9.14. The van der Waals surface area contributed by atoms with Gasteiger partial charge in [0.25, 0.3) is 0 Å². The molecule has 0 bridgehead atoms. The van der Waals surface area contributed by atoms with Gasteiger partial charge in [-0.25, -0.2) is 4.79 Å². The van der Waals surface area contributed by atoms with Crippen LogP contribution in [0.3, 0.4) is 0 Å². The zero-order valence-electron chi connectivity index (χ0n) is 6.53. The number of esters is 1. The van der Waals surface area contributed by atoms with Crippen LogP contribution in [0.5, 0.6) is 0 Å². The highest BCUT2D eigenvalue weighted by Gasteiger charge is 2.27. The van der Waals surface area contributed by atoms with E-state index in [-0.39, 0.29) is 0 Å². The van der Waals surface area contributed by atoms with Crippen molar-refractivity contribution >= 4 is 21.9 Å². The summed E-state index contributed by atoms with van der Waals surface area (Å²) in [6, 6.07) is 0. The van der Waals surface area contributed by atoms with Gasteiger partial charge in [0.15, 0.2) is 6.10 Å². The Hall–Kier alpha value is -0.610. The van der Waals surface area contributed by atoms with Gasteiger partial charge in [0.1, 0.15) is 10.6 Å². The Morgan fingerprint density at radius 3 is 2.92 bits per heavy atom. The third-order valence-corrected chi connectivity index (χ3v) is 2.06. The van der Waals surface area contributed by atoms with E-state index in [9.17, 15) is 9.90 Å². The molecule has 0 aromatic heterocycles. The molecule has 12 heavy (non-hydrogen) atoms. The van der Waals surface area contributed by atoms with Crippen molar-refractivity contribution in [2.24, 2.45) is 0 Å². The Kier molecular flexibility index (Phi) is 3.05. The summed E-state index contributed by atoms with van der Waals surface area (Å²) in [6.07, 6.45) is 3.52. The van der Waals surface area contributed by atoms with Crippen molar-refractivity contribution in [3.63, 3.8) is 0 Å². The molecule has 1 N–H and O–H groups in total. The first kappa shape index (κ1) is 9.48. The Balaban J connectivity index is 2.63. The number of carbonyl (C=O) groups excluding carboxylic acids is 1. The Labute approximate surface area is 78.8 Å². The van der Waals surface area contributed by atoms with Crippen molar-refractivity contribution in [2.75, 3.05) is 0 Å². The number of carbonyl (C=O) groups is 1. The molecule has 0 amide bonds. The number of hydrogen-bond acceptors (Lipinski definition) is 3. The topological polar surface area (TPSA) is 46.5 Å². The molecule has 0 saturated carbocycles. The van der Waals surface area contributed by atoms with E-state index in [1.54, 1.807) is 25.2 Å². The van der Waals surface area contributed by atoms with Gasteiger partial charge in [-0.1, -0.05) is 12.2 Å². The molecule has 4 heteroatoms. The van der Waals surface area contributed by atoms with Crippen LogP contribution in [0, 0.1) is 0 Å². The van der Waals surface area contributed by atoms with Crippen molar-refractivity contribution in [1.82, 2.24) is 0 Å². The molecular weight excluding hydrogens is 224 g/mol. The normalized spacial score (nSPS) is 25.8. The quantitative estimate of drug-likeness (QED) is 0.574. The SMILES string of the molecule is C/C=C/[C@@H](O)[C@H]1C=C(Br)C(=O)O1. The summed E-state index contributed by atoms with van der Waals surface area (Å²) in [4.78, 5) is 10.8. The summed E-state index contributed by atoms with van der Waals surface area (Å²) in [7, 11) is 0. The van der Waals surface area contributed by atoms with Crippen LogP contribution in [0.15, 0.2) is 22.7 Å². The van der Waals surface area contributed by atoms with E-state index in [0.717, 1.165) is 0 Å². The fourth-order valence-corrected chi connectivity index (χ4v) is 1.26. The molecule has 2 atom stereocenters. The number of halogens is 1. The highest BCUT2D eigenvalue weighted by Crippen LogP contribution is 2.21. The van der Waals surface area contributed by atoms with Gasteiger partial charge in [-0.2, -0.15) is 0 Å². The van der Waals surface area contributed by atoms with Crippen LogP contribution in [0.4, 0.5) is 0 Å². The highest BCUT2D eigenvalue weighted by molar-refractivity contribution is 9.12. The zero-order valence-corrected chi connectivity index (χ0v) is 8.11. The molecule has 0 radical (unpaired) electrons. The molecule has 0 aliphatic carbocycles. The number of allylic oxidation sites excluding steroid dienone is 1. The summed E-state index contributed by atoms with van der Waals surface area (Å²) in [6.45, 7) is 1.79. The predicted octanol–water partition coefficient (Wildman–Crippen LogP) is 1.13. The van der Waals surface area contributed by atoms with E-state index < -0.39 is 18.2 Å². The first-order valence-electron chi connectivity index (χ1n) is 3.54. The highest BCUT2D eigenvalue weighted by atomic mass is 79.9. The summed E-state index contributed by atoms with van der Waals surface area (Å²) in [5.41, 5.74) is 0. The van der Waals surface area contributed by atoms with E-state index >= 15 is 0 Å². The maximum atomic E-state index is 10.8. The first-order valence-corrected chi connectivity index (χ1v) is 4.33. The van der Waals surface area contributed by atoms with Gasteiger partial charge in [0.05, 0.1) is 0 Å². The van der Waals surface area contributed by atoms with Crippen LogP contribution in [0.25, 0.3) is 0 Å². The molecule has 0 spiro atoms. The van der Waals surface area contributed by atoms with E-state index in [2.05, 4.69) is 15.9 Å². The van der Waals surface area contributed by atoms with E-state index in [4.69, 9.17) is 4.74 Å². The first-order chi connectivity index (χ1) is 5.65. The minimum Gasteiger partial charge on any atom is -0.451 e. The van der Waals surface area contributed by atoms with Crippen molar-refractivity contribution in [2.45, 2.75) is 19.1 Å². The maximum Gasteiger partial charge on any atom is 0.345 e. The molecule has 1 aliphatic rings. The maximum absolute atomic E-state index is 10.8. The second-order valence-corrected chi connectivity index (χ2v) is 3.26. The Morgan fingerprint density at radius 1 is 1.83 bits per heavy atom. The molecule has 1 aliphatic heterocycles. The van der Waals surface area contributed by atoms with Crippen LogP contribution < -0.4 is 0 Å². The van der Waals surface area contributed by atoms with Gasteiger partial charge in [-0.05, 0) is 28.9 Å². The van der Waals surface area contributed by atoms with Crippen molar-refractivity contribution in [3.8, 4) is 0 Å². The second kappa shape index (κ2) is 3.87. The van der Waals surface area contributed by atoms with Crippen LogP contribution in [0.1, 0.15) is 6.92 Å². The molecule has 0 aromatic carbocycles. The van der Waals surface area contributed by atoms with Crippen LogP contribution >= 0.6 is 15.9 Å². The average Bonchev–Trinajstić information content (AvgIpc) is 2.33. The monoisotopic (exact) mass is 232 g/mol. The minimum atomic E-state index is -0.756. The van der Waals surface area contributed by atoms with Gasteiger partial charge in [0, 0.05) is 0 Å². The number of aliphatic hydroxyl groups excluding tert-OH is 1. The summed E-state index contributed by atoms with van der Waals surface area (Å²) < 4.78 is 5.18. The van der Waals surface area contributed by atoms with Crippen LogP contribution in [-0.4, -0.2) is 23.3 Å². The van der Waals surface area contributed by atoms with Gasteiger partial charge >= 0.3 is 5.97 Å². The number of cyclic esters (lactones) is 1. The lowest BCUT2D eigenvalue weighted by molar-refractivity contribution is -0.141. The molecule has 1 rings (SSSR count). The molecule has 3 nitrogen and oxygen atoms in total. The van der Waals surface area contributed by atoms with E-state index in [1.807, 2.05) is 0 Å².